The number of carbonyl (C=O) groups excluding carboxylic acids is 2. The zero-order valence-electron chi connectivity index (χ0n) is 20.9. The lowest BCUT2D eigenvalue weighted by atomic mass is 9.88. The van der Waals surface area contributed by atoms with Crippen molar-refractivity contribution in [1.82, 2.24) is 15.0 Å². The van der Waals surface area contributed by atoms with Gasteiger partial charge in [-0.15, -0.1) is 0 Å². The number of benzene rings is 1. The van der Waals surface area contributed by atoms with Crippen LogP contribution in [0.3, 0.4) is 0 Å². The van der Waals surface area contributed by atoms with Crippen LogP contribution in [0.1, 0.15) is 57.1 Å². The third-order valence-electron chi connectivity index (χ3n) is 6.75. The van der Waals surface area contributed by atoms with E-state index in [-0.39, 0.29) is 11.9 Å². The molecule has 3 amide bonds. The maximum Gasteiger partial charge on any atom is 0.433 e. The third-order valence-corrected chi connectivity index (χ3v) is 6.99. The van der Waals surface area contributed by atoms with Crippen molar-refractivity contribution < 1.29 is 23.9 Å². The van der Waals surface area contributed by atoms with Crippen LogP contribution in [0.25, 0.3) is 0 Å². The highest BCUT2D eigenvalue weighted by molar-refractivity contribution is 6.30. The first-order chi connectivity index (χ1) is 16.9. The number of hydrogen-bond donors (Lipinski definition) is 1. The number of urea groups is 1. The van der Waals surface area contributed by atoms with E-state index < -0.39 is 12.2 Å². The Labute approximate surface area is 213 Å². The van der Waals surface area contributed by atoms with E-state index in [4.69, 9.17) is 31.8 Å². The molecule has 196 valence electrons. The Morgan fingerprint density at radius 2 is 2.14 bits per heavy atom. The maximum atomic E-state index is 13.1. The molecular weight excluding hydrogens is 472 g/mol. The van der Waals surface area contributed by atoms with Gasteiger partial charge < -0.3 is 14.4 Å². The van der Waals surface area contributed by atoms with E-state index in [1.54, 1.807) is 11.0 Å². The van der Waals surface area contributed by atoms with E-state index in [2.05, 4.69) is 0 Å². The van der Waals surface area contributed by atoms with Crippen LogP contribution in [0.15, 0.2) is 24.3 Å². The molecule has 0 aliphatic carbocycles. The molecule has 9 nitrogen and oxygen atoms in total. The number of hydrogen-bond acceptors (Lipinski definition) is 6. The summed E-state index contributed by atoms with van der Waals surface area (Å²) in [6, 6.07) is 7.23. The molecular formula is C25H39ClN4O5. The number of halogens is 1. The molecule has 2 aliphatic heterocycles. The molecule has 1 aromatic rings. The van der Waals surface area contributed by atoms with Gasteiger partial charge in [0.1, 0.15) is 6.10 Å². The van der Waals surface area contributed by atoms with Gasteiger partial charge in [0, 0.05) is 50.3 Å². The normalized spacial score (nSPS) is 21.3. The van der Waals surface area contributed by atoms with Crippen molar-refractivity contribution >= 4 is 23.7 Å². The topological polar surface area (TPSA) is 97.6 Å². The van der Waals surface area contributed by atoms with Gasteiger partial charge in [0.25, 0.3) is 0 Å². The molecule has 2 aliphatic rings. The van der Waals surface area contributed by atoms with Crippen molar-refractivity contribution in [3.63, 3.8) is 0 Å². The van der Waals surface area contributed by atoms with Gasteiger partial charge in [-0.05, 0) is 69.1 Å². The van der Waals surface area contributed by atoms with Crippen LogP contribution >= 0.6 is 11.6 Å². The highest BCUT2D eigenvalue weighted by Gasteiger charge is 2.35. The quantitative estimate of drug-likeness (QED) is 0.296. The fourth-order valence-electron chi connectivity index (χ4n) is 4.88. The first-order valence-electron chi connectivity index (χ1n) is 12.6. The largest absolute Gasteiger partial charge is 0.451 e. The number of hydroxylamine groups is 2. The summed E-state index contributed by atoms with van der Waals surface area (Å²) < 4.78 is 10.4. The summed E-state index contributed by atoms with van der Waals surface area (Å²) in [4.78, 5) is 33.3. The maximum absolute atomic E-state index is 13.1. The summed E-state index contributed by atoms with van der Waals surface area (Å²) in [7, 11) is 1.32. The predicted octanol–water partition coefficient (Wildman–Crippen LogP) is 4.62. The zero-order chi connectivity index (χ0) is 25.2. The molecule has 2 N–H and O–H groups in total. The van der Waals surface area contributed by atoms with E-state index in [0.717, 1.165) is 50.9 Å². The van der Waals surface area contributed by atoms with Crippen molar-refractivity contribution in [3.05, 3.63) is 34.9 Å². The van der Waals surface area contributed by atoms with Crippen LogP contribution in [0.5, 0.6) is 0 Å². The van der Waals surface area contributed by atoms with Gasteiger partial charge in [-0.2, -0.15) is 5.06 Å². The fourth-order valence-corrected chi connectivity index (χ4v) is 5.08. The van der Waals surface area contributed by atoms with Crippen molar-refractivity contribution in [2.24, 2.45) is 17.7 Å². The summed E-state index contributed by atoms with van der Waals surface area (Å²) in [5.74, 6) is 6.68. The minimum absolute atomic E-state index is 0.0438. The molecule has 3 rings (SSSR count). The molecule has 3 atom stereocenters. The van der Waals surface area contributed by atoms with E-state index in [9.17, 15) is 9.59 Å². The molecule has 0 aromatic heterocycles. The number of nitrogens with zero attached hydrogens (tertiary/aromatic N) is 3. The van der Waals surface area contributed by atoms with Crippen LogP contribution < -0.4 is 5.84 Å². The van der Waals surface area contributed by atoms with Crippen molar-refractivity contribution in [2.45, 2.75) is 51.6 Å². The Hall–Kier alpha value is -2.07. The van der Waals surface area contributed by atoms with E-state index in [1.807, 2.05) is 25.1 Å². The van der Waals surface area contributed by atoms with Gasteiger partial charge in [-0.25, -0.2) is 15.4 Å². The van der Waals surface area contributed by atoms with Crippen LogP contribution in [0, 0.1) is 11.8 Å². The number of ether oxygens (including phenoxy) is 2. The molecule has 2 saturated heterocycles. The first-order valence-corrected chi connectivity index (χ1v) is 13.0. The summed E-state index contributed by atoms with van der Waals surface area (Å²) in [5, 5.41) is 3.11. The third kappa shape index (κ3) is 7.96. The Bertz CT molecular complexity index is 823. The number of carbonyl (C=O) groups is 2. The van der Waals surface area contributed by atoms with Gasteiger partial charge in [0.05, 0.1) is 7.11 Å². The lowest BCUT2D eigenvalue weighted by Crippen LogP contribution is -2.51. The summed E-state index contributed by atoms with van der Waals surface area (Å²) in [5.41, 5.74) is 0.846. The molecule has 0 saturated carbocycles. The molecule has 0 spiro atoms. The van der Waals surface area contributed by atoms with Crippen LogP contribution in [-0.4, -0.2) is 73.6 Å². The van der Waals surface area contributed by atoms with Gasteiger partial charge in [-0.1, -0.05) is 23.7 Å². The number of rotatable bonds is 9. The number of piperidine rings is 1. The van der Waals surface area contributed by atoms with Crippen LogP contribution in [0.4, 0.5) is 9.59 Å². The highest BCUT2D eigenvalue weighted by Crippen LogP contribution is 2.35. The van der Waals surface area contributed by atoms with Crippen molar-refractivity contribution in [3.8, 4) is 0 Å². The first kappa shape index (κ1) is 27.5. The molecule has 2 heterocycles. The van der Waals surface area contributed by atoms with Gasteiger partial charge in [-0.3, -0.25) is 9.85 Å². The second-order valence-corrected chi connectivity index (χ2v) is 9.73. The average Bonchev–Trinajstić information content (AvgIpc) is 2.89. The molecule has 1 aromatic carbocycles. The summed E-state index contributed by atoms with van der Waals surface area (Å²) >= 11 is 6.26. The van der Waals surface area contributed by atoms with Crippen LogP contribution in [0.2, 0.25) is 5.02 Å². The van der Waals surface area contributed by atoms with Gasteiger partial charge >= 0.3 is 12.1 Å². The monoisotopic (exact) mass is 510 g/mol. The Morgan fingerprint density at radius 1 is 1.31 bits per heavy atom. The minimum Gasteiger partial charge on any atom is -0.451 e. The second-order valence-electron chi connectivity index (χ2n) is 9.30. The fraction of sp³-hybridized carbons (Fsp3) is 0.680. The van der Waals surface area contributed by atoms with Crippen LogP contribution in [-0.2, 0) is 14.3 Å². The molecule has 10 heteroatoms. The molecule has 0 bridgehead atoms. The number of likely N-dealkylation sites (tertiary alicyclic amines) is 1. The highest BCUT2D eigenvalue weighted by atomic mass is 35.5. The second kappa shape index (κ2) is 13.9. The molecule has 0 radical (unpaired) electrons. The Balaban J connectivity index is 1.64. The molecule has 35 heavy (non-hydrogen) atoms. The standard InChI is InChI=1S/C25H39ClN4O5/c1-3-30(25(32)33-2)35-23(20-10-4-12-22(26)16-20)21-11-6-13-28(17-21)24(31)29(27)14-5-8-19-9-7-15-34-18-19/h4,10,12,16,19,21,23H,3,5-9,11,13-15,17-18,27H2,1-2H3/t19?,21?,23-/m0/s1. The van der Waals surface area contributed by atoms with Crippen molar-refractivity contribution in [1.29, 1.82) is 0 Å². The van der Waals surface area contributed by atoms with E-state index >= 15 is 0 Å². The number of nitrogens with two attached hydrogens (primary N) is 1. The smallest absolute Gasteiger partial charge is 0.433 e. The van der Waals surface area contributed by atoms with E-state index in [0.29, 0.717) is 37.1 Å². The number of hydrazine groups is 1. The zero-order valence-corrected chi connectivity index (χ0v) is 21.6. The van der Waals surface area contributed by atoms with E-state index in [1.165, 1.54) is 23.6 Å². The number of amides is 3. The predicted molar refractivity (Wildman–Crippen MR) is 133 cm³/mol. The van der Waals surface area contributed by atoms with Gasteiger partial charge in [0.15, 0.2) is 0 Å². The summed E-state index contributed by atoms with van der Waals surface area (Å²) in [6.07, 6.45) is 4.76. The lowest BCUT2D eigenvalue weighted by Gasteiger charge is -2.39. The minimum atomic E-state index is -0.570. The Morgan fingerprint density at radius 3 is 2.83 bits per heavy atom. The SMILES string of the molecule is CCN(O[C@@H](c1cccc(Cl)c1)C1CCCN(C(=O)N(N)CCCC2CCCOC2)C1)C(=O)OC. The molecule has 2 fully saturated rings. The molecule has 2 unspecified atom stereocenters. The Kier molecular flexibility index (Phi) is 10.9. The van der Waals surface area contributed by atoms with Crippen molar-refractivity contribution in [2.75, 3.05) is 46.5 Å². The number of methoxy groups -OCH3 is 1. The van der Waals surface area contributed by atoms with Gasteiger partial charge in [0.2, 0.25) is 0 Å². The summed E-state index contributed by atoms with van der Waals surface area (Å²) in [6.45, 7) is 5.41. The lowest BCUT2D eigenvalue weighted by molar-refractivity contribution is -0.193. The average molecular weight is 511 g/mol.